The van der Waals surface area contributed by atoms with E-state index >= 15 is 0 Å². The Kier molecular flexibility index (Phi) is 5.72. The van der Waals surface area contributed by atoms with Crippen LogP contribution in [0.5, 0.6) is 5.75 Å². The van der Waals surface area contributed by atoms with Crippen LogP contribution >= 0.6 is 0 Å². The van der Waals surface area contributed by atoms with Gasteiger partial charge in [-0.2, -0.15) is 0 Å². The van der Waals surface area contributed by atoms with Gasteiger partial charge in [-0.3, -0.25) is 9.79 Å². The number of ketones is 1. The van der Waals surface area contributed by atoms with Crippen molar-refractivity contribution in [3.8, 4) is 5.75 Å². The Morgan fingerprint density at radius 3 is 2.94 bits per heavy atom. The number of benzene rings is 1. The van der Waals surface area contributed by atoms with Crippen molar-refractivity contribution in [2.75, 3.05) is 13.2 Å². The summed E-state index contributed by atoms with van der Waals surface area (Å²) in [6, 6.07) is 7.52. The van der Waals surface area contributed by atoms with Gasteiger partial charge in [-0.25, -0.2) is 0 Å². The molecule has 17 heavy (non-hydrogen) atoms. The number of carbonyl (C=O) groups excluding carboxylic acids is 1. The van der Waals surface area contributed by atoms with Crippen molar-refractivity contribution in [3.63, 3.8) is 0 Å². The molecule has 0 fully saturated rings. The van der Waals surface area contributed by atoms with Crippen LogP contribution in [0, 0.1) is 0 Å². The van der Waals surface area contributed by atoms with Gasteiger partial charge in [0.05, 0.1) is 0 Å². The number of nitrogens with zero attached hydrogens (tertiary/aromatic N) is 1. The van der Waals surface area contributed by atoms with Crippen LogP contribution in [-0.4, -0.2) is 25.1 Å². The summed E-state index contributed by atoms with van der Waals surface area (Å²) in [7, 11) is 0. The molecule has 3 heteroatoms. The van der Waals surface area contributed by atoms with Crippen LogP contribution in [0.3, 0.4) is 0 Å². The number of Topliss-reactive ketones (excluding diaryl/α,β-unsaturated/α-hetero) is 1. The number of hydrogen-bond acceptors (Lipinski definition) is 3. The predicted octanol–water partition coefficient (Wildman–Crippen LogP) is 2.65. The molecule has 0 amide bonds. The maximum Gasteiger partial charge on any atom is 0.167 e. The Bertz CT molecular complexity index is 410. The Balaban J connectivity index is 2.66. The van der Waals surface area contributed by atoms with Crippen molar-refractivity contribution < 1.29 is 9.53 Å². The number of hydrogen-bond donors (Lipinski definition) is 0. The predicted molar refractivity (Wildman–Crippen MR) is 69.9 cm³/mol. The molecule has 0 heterocycles. The third-order valence-corrected chi connectivity index (χ3v) is 2.04. The lowest BCUT2D eigenvalue weighted by atomic mass is 10.2. The average molecular weight is 231 g/mol. The van der Waals surface area contributed by atoms with E-state index in [9.17, 15) is 4.79 Å². The third kappa shape index (κ3) is 5.11. The minimum Gasteiger partial charge on any atom is -0.485 e. The van der Waals surface area contributed by atoms with Crippen molar-refractivity contribution in [2.24, 2.45) is 4.99 Å². The van der Waals surface area contributed by atoms with Crippen LogP contribution in [0.1, 0.15) is 18.9 Å². The van der Waals surface area contributed by atoms with Gasteiger partial charge in [0.2, 0.25) is 0 Å². The molecular weight excluding hydrogens is 214 g/mol. The second-order valence-corrected chi connectivity index (χ2v) is 3.64. The van der Waals surface area contributed by atoms with Gasteiger partial charge in [-0.05, 0) is 25.5 Å². The lowest BCUT2D eigenvalue weighted by molar-refractivity contribution is -0.118. The molecule has 0 aliphatic rings. The van der Waals surface area contributed by atoms with Crippen LogP contribution in [0.4, 0.5) is 0 Å². The summed E-state index contributed by atoms with van der Waals surface area (Å²) in [6.45, 7) is 5.94. The highest BCUT2D eigenvalue weighted by Gasteiger charge is 2.01. The smallest absolute Gasteiger partial charge is 0.167 e. The normalized spacial score (nSPS) is 10.4. The Morgan fingerprint density at radius 1 is 1.47 bits per heavy atom. The van der Waals surface area contributed by atoms with Crippen LogP contribution in [0.15, 0.2) is 41.9 Å². The van der Waals surface area contributed by atoms with E-state index in [2.05, 4.69) is 11.6 Å². The largest absolute Gasteiger partial charge is 0.485 e. The SMILES string of the molecule is C=CCCN=Cc1ccccc1OCC(C)=O. The molecule has 0 saturated heterocycles. The number of rotatable bonds is 7. The van der Waals surface area contributed by atoms with E-state index in [-0.39, 0.29) is 12.4 Å². The Morgan fingerprint density at radius 2 is 2.24 bits per heavy atom. The molecule has 0 saturated carbocycles. The summed E-state index contributed by atoms with van der Waals surface area (Å²) in [5.74, 6) is 0.688. The highest BCUT2D eigenvalue weighted by atomic mass is 16.5. The summed E-state index contributed by atoms with van der Waals surface area (Å²) in [6.07, 6.45) is 4.45. The minimum atomic E-state index is 0.00315. The van der Waals surface area contributed by atoms with Gasteiger partial charge in [0.25, 0.3) is 0 Å². The second-order valence-electron chi connectivity index (χ2n) is 3.64. The zero-order valence-corrected chi connectivity index (χ0v) is 10.1. The van der Waals surface area contributed by atoms with Crippen molar-refractivity contribution in [1.82, 2.24) is 0 Å². The van der Waals surface area contributed by atoms with Gasteiger partial charge >= 0.3 is 0 Å². The van der Waals surface area contributed by atoms with Crippen LogP contribution in [-0.2, 0) is 4.79 Å². The molecular formula is C14H17NO2. The number of para-hydroxylation sites is 1. The molecule has 0 N–H and O–H groups in total. The lowest BCUT2D eigenvalue weighted by Crippen LogP contribution is -2.07. The summed E-state index contributed by atoms with van der Waals surface area (Å²) in [5, 5.41) is 0. The van der Waals surface area contributed by atoms with Gasteiger partial charge in [0.15, 0.2) is 5.78 Å². The number of carbonyl (C=O) groups is 1. The first kappa shape index (κ1) is 13.2. The van der Waals surface area contributed by atoms with E-state index in [0.717, 1.165) is 12.0 Å². The lowest BCUT2D eigenvalue weighted by Gasteiger charge is -2.06. The molecule has 0 unspecified atom stereocenters. The van der Waals surface area contributed by atoms with E-state index in [4.69, 9.17) is 4.74 Å². The maximum atomic E-state index is 10.9. The maximum absolute atomic E-state index is 10.9. The summed E-state index contributed by atoms with van der Waals surface area (Å²) >= 11 is 0. The number of aliphatic imine (C=N–C) groups is 1. The minimum absolute atomic E-state index is 0.00315. The zero-order chi connectivity index (χ0) is 12.5. The monoisotopic (exact) mass is 231 g/mol. The van der Waals surface area contributed by atoms with Crippen molar-refractivity contribution >= 4 is 12.0 Å². The Labute approximate surface area is 102 Å². The summed E-state index contributed by atoms with van der Waals surface area (Å²) in [5.41, 5.74) is 0.887. The highest BCUT2D eigenvalue weighted by Crippen LogP contribution is 2.15. The molecule has 0 bridgehead atoms. The molecule has 1 aromatic carbocycles. The first-order valence-electron chi connectivity index (χ1n) is 5.56. The quantitative estimate of drug-likeness (QED) is 0.411. The highest BCUT2D eigenvalue weighted by molar-refractivity contribution is 5.84. The van der Waals surface area contributed by atoms with Crippen LogP contribution in [0.2, 0.25) is 0 Å². The Hall–Kier alpha value is -1.90. The average Bonchev–Trinajstić information content (AvgIpc) is 2.33. The fraction of sp³-hybridized carbons (Fsp3) is 0.286. The standard InChI is InChI=1S/C14H17NO2/c1-3-4-9-15-10-13-7-5-6-8-14(13)17-11-12(2)16/h3,5-8,10H,1,4,9,11H2,2H3. The van der Waals surface area contributed by atoms with E-state index < -0.39 is 0 Å². The van der Waals surface area contributed by atoms with Crippen molar-refractivity contribution in [3.05, 3.63) is 42.5 Å². The van der Waals surface area contributed by atoms with Crippen LogP contribution < -0.4 is 4.74 Å². The molecule has 1 rings (SSSR count). The molecule has 0 aromatic heterocycles. The van der Waals surface area contributed by atoms with Gasteiger partial charge in [0.1, 0.15) is 12.4 Å². The van der Waals surface area contributed by atoms with E-state index in [0.29, 0.717) is 12.3 Å². The van der Waals surface area contributed by atoms with Gasteiger partial charge in [-0.1, -0.05) is 18.2 Å². The molecule has 0 spiro atoms. The molecule has 0 radical (unpaired) electrons. The van der Waals surface area contributed by atoms with E-state index in [1.54, 1.807) is 6.21 Å². The van der Waals surface area contributed by atoms with Crippen molar-refractivity contribution in [2.45, 2.75) is 13.3 Å². The van der Waals surface area contributed by atoms with Gasteiger partial charge in [0, 0.05) is 18.3 Å². The zero-order valence-electron chi connectivity index (χ0n) is 10.1. The van der Waals surface area contributed by atoms with E-state index in [1.807, 2.05) is 30.3 Å². The molecule has 0 aliphatic heterocycles. The van der Waals surface area contributed by atoms with Crippen LogP contribution in [0.25, 0.3) is 0 Å². The van der Waals surface area contributed by atoms with Gasteiger partial charge < -0.3 is 4.74 Å². The van der Waals surface area contributed by atoms with Crippen molar-refractivity contribution in [1.29, 1.82) is 0 Å². The van der Waals surface area contributed by atoms with E-state index in [1.165, 1.54) is 6.92 Å². The molecule has 3 nitrogen and oxygen atoms in total. The summed E-state index contributed by atoms with van der Waals surface area (Å²) < 4.78 is 5.39. The fourth-order valence-electron chi connectivity index (χ4n) is 1.23. The molecule has 1 aromatic rings. The first-order chi connectivity index (χ1) is 8.24. The number of ether oxygens (including phenoxy) is 1. The summed E-state index contributed by atoms with van der Waals surface area (Å²) in [4.78, 5) is 15.1. The molecule has 0 aliphatic carbocycles. The molecule has 0 atom stereocenters. The topological polar surface area (TPSA) is 38.7 Å². The molecule has 90 valence electrons. The first-order valence-corrected chi connectivity index (χ1v) is 5.56. The second kappa shape index (κ2) is 7.39. The fourth-order valence-corrected chi connectivity index (χ4v) is 1.23. The third-order valence-electron chi connectivity index (χ3n) is 2.04. The van der Waals surface area contributed by atoms with Gasteiger partial charge in [-0.15, -0.1) is 6.58 Å².